The smallest absolute Gasteiger partial charge is 0.407 e. The molecule has 3 atom stereocenters. The van der Waals surface area contributed by atoms with E-state index < -0.39 is 12.1 Å². The Kier molecular flexibility index (Phi) is 5.75. The Morgan fingerprint density at radius 1 is 1.03 bits per heavy atom. The Morgan fingerprint density at radius 2 is 1.61 bits per heavy atom. The third-order valence-electron chi connectivity index (χ3n) is 6.04. The number of amides is 1. The highest BCUT2D eigenvalue weighted by atomic mass is 16.5. The van der Waals surface area contributed by atoms with Gasteiger partial charge in [-0.1, -0.05) is 48.5 Å². The second-order valence-electron chi connectivity index (χ2n) is 9.34. The number of ether oxygens (including phenoxy) is 2. The van der Waals surface area contributed by atoms with E-state index in [0.717, 1.165) is 11.1 Å². The van der Waals surface area contributed by atoms with Crippen LogP contribution in [-0.2, 0) is 14.3 Å². The molecule has 2 aliphatic rings. The maximum atomic E-state index is 12.5. The fourth-order valence-corrected chi connectivity index (χ4v) is 4.69. The van der Waals surface area contributed by atoms with E-state index in [-0.39, 0.29) is 42.6 Å². The fourth-order valence-electron chi connectivity index (χ4n) is 4.69. The number of carboxylic acids is 1. The van der Waals surface area contributed by atoms with Crippen molar-refractivity contribution in [2.75, 3.05) is 6.61 Å². The quantitative estimate of drug-likeness (QED) is 0.711. The zero-order valence-corrected chi connectivity index (χ0v) is 18.1. The Bertz CT molecular complexity index is 934. The molecule has 0 bridgehead atoms. The molecular weight excluding hydrogens is 394 g/mol. The highest BCUT2D eigenvalue weighted by molar-refractivity contribution is 5.79. The first kappa shape index (κ1) is 21.4. The molecule has 1 saturated carbocycles. The van der Waals surface area contributed by atoms with Crippen molar-refractivity contribution in [3.8, 4) is 11.1 Å². The summed E-state index contributed by atoms with van der Waals surface area (Å²) in [5.41, 5.74) is 4.30. The summed E-state index contributed by atoms with van der Waals surface area (Å²) in [5.74, 6) is -1.17. The van der Waals surface area contributed by atoms with Crippen LogP contribution in [0.15, 0.2) is 48.5 Å². The molecular formula is C25H29NO5. The van der Waals surface area contributed by atoms with E-state index in [9.17, 15) is 14.7 Å². The number of alkyl carbamates (subject to hydrolysis) is 1. The average molecular weight is 424 g/mol. The largest absolute Gasteiger partial charge is 0.481 e. The first-order valence-electron chi connectivity index (χ1n) is 10.7. The van der Waals surface area contributed by atoms with Gasteiger partial charge in [-0.2, -0.15) is 0 Å². The molecule has 2 aromatic rings. The molecule has 0 saturated heterocycles. The molecule has 0 spiro atoms. The van der Waals surface area contributed by atoms with Gasteiger partial charge in [0.25, 0.3) is 0 Å². The Hall–Kier alpha value is -2.86. The first-order valence-corrected chi connectivity index (χ1v) is 10.7. The predicted molar refractivity (Wildman–Crippen MR) is 117 cm³/mol. The van der Waals surface area contributed by atoms with E-state index in [1.54, 1.807) is 0 Å². The van der Waals surface area contributed by atoms with E-state index >= 15 is 0 Å². The molecule has 2 aromatic carbocycles. The van der Waals surface area contributed by atoms with Gasteiger partial charge in [-0.3, -0.25) is 4.79 Å². The SMILES string of the molecule is CC(C)(C)OC1CC(NC(=O)OCC2c3ccccc3-c3ccccc32)C1CC(=O)O. The van der Waals surface area contributed by atoms with E-state index in [4.69, 9.17) is 9.47 Å². The summed E-state index contributed by atoms with van der Waals surface area (Å²) in [4.78, 5) is 23.8. The number of nitrogens with one attached hydrogen (secondary N) is 1. The van der Waals surface area contributed by atoms with Crippen molar-refractivity contribution in [2.24, 2.45) is 5.92 Å². The topological polar surface area (TPSA) is 84.9 Å². The van der Waals surface area contributed by atoms with Crippen LogP contribution in [0.1, 0.15) is 50.7 Å². The highest BCUT2D eigenvalue weighted by Crippen LogP contribution is 2.44. The number of benzene rings is 2. The molecule has 1 fully saturated rings. The maximum absolute atomic E-state index is 12.5. The first-order chi connectivity index (χ1) is 14.7. The van der Waals surface area contributed by atoms with Gasteiger partial charge in [-0.25, -0.2) is 4.79 Å². The van der Waals surface area contributed by atoms with Crippen LogP contribution >= 0.6 is 0 Å². The molecule has 0 heterocycles. The molecule has 164 valence electrons. The molecule has 31 heavy (non-hydrogen) atoms. The predicted octanol–water partition coefficient (Wildman–Crippen LogP) is 4.57. The Balaban J connectivity index is 1.38. The summed E-state index contributed by atoms with van der Waals surface area (Å²) >= 11 is 0. The summed E-state index contributed by atoms with van der Waals surface area (Å²) in [6.07, 6.45) is -0.166. The monoisotopic (exact) mass is 423 g/mol. The summed E-state index contributed by atoms with van der Waals surface area (Å²) in [5, 5.41) is 12.1. The molecule has 6 heteroatoms. The number of carbonyl (C=O) groups is 2. The number of aliphatic carboxylic acids is 1. The van der Waals surface area contributed by atoms with Gasteiger partial charge in [0.2, 0.25) is 0 Å². The van der Waals surface area contributed by atoms with Gasteiger partial charge in [0, 0.05) is 17.9 Å². The van der Waals surface area contributed by atoms with E-state index in [1.165, 1.54) is 11.1 Å². The highest BCUT2D eigenvalue weighted by Gasteiger charge is 2.45. The normalized spacial score (nSPS) is 22.2. The lowest BCUT2D eigenvalue weighted by molar-refractivity contribution is -0.156. The molecule has 4 rings (SSSR count). The van der Waals surface area contributed by atoms with Gasteiger partial charge >= 0.3 is 12.1 Å². The van der Waals surface area contributed by atoms with Crippen LogP contribution in [0.4, 0.5) is 4.79 Å². The minimum absolute atomic E-state index is 0.00803. The van der Waals surface area contributed by atoms with Crippen molar-refractivity contribution in [1.29, 1.82) is 0 Å². The summed E-state index contributed by atoms with van der Waals surface area (Å²) in [6, 6.07) is 16.1. The molecule has 2 N–H and O–H groups in total. The Labute approximate surface area is 182 Å². The van der Waals surface area contributed by atoms with Crippen LogP contribution in [0, 0.1) is 5.92 Å². The maximum Gasteiger partial charge on any atom is 0.407 e. The number of hydrogen-bond acceptors (Lipinski definition) is 4. The summed E-state index contributed by atoms with van der Waals surface area (Å²) in [7, 11) is 0. The van der Waals surface area contributed by atoms with E-state index in [1.807, 2.05) is 45.0 Å². The number of fused-ring (bicyclic) bond motifs is 3. The molecule has 2 aliphatic carbocycles. The van der Waals surface area contributed by atoms with Crippen LogP contribution < -0.4 is 5.32 Å². The minimum atomic E-state index is -0.897. The number of carboxylic acid groups (broad SMARTS) is 1. The van der Waals surface area contributed by atoms with Crippen molar-refractivity contribution in [2.45, 2.75) is 57.3 Å². The Morgan fingerprint density at radius 3 is 2.16 bits per heavy atom. The second-order valence-corrected chi connectivity index (χ2v) is 9.34. The van der Waals surface area contributed by atoms with Gasteiger partial charge in [0.15, 0.2) is 0 Å². The minimum Gasteiger partial charge on any atom is -0.481 e. The van der Waals surface area contributed by atoms with Crippen LogP contribution in [0.3, 0.4) is 0 Å². The lowest BCUT2D eigenvalue weighted by Crippen LogP contribution is -2.58. The molecule has 0 aromatic heterocycles. The zero-order chi connectivity index (χ0) is 22.2. The van der Waals surface area contributed by atoms with Crippen molar-refractivity contribution in [3.05, 3.63) is 59.7 Å². The number of hydrogen-bond donors (Lipinski definition) is 2. The van der Waals surface area contributed by atoms with Crippen molar-refractivity contribution in [1.82, 2.24) is 5.32 Å². The lowest BCUT2D eigenvalue weighted by atomic mass is 9.74. The van der Waals surface area contributed by atoms with Gasteiger partial charge in [0.05, 0.1) is 18.1 Å². The van der Waals surface area contributed by atoms with Crippen LogP contribution in [0.5, 0.6) is 0 Å². The third-order valence-corrected chi connectivity index (χ3v) is 6.04. The molecule has 1 amide bonds. The van der Waals surface area contributed by atoms with E-state index in [2.05, 4.69) is 29.6 Å². The molecule has 6 nitrogen and oxygen atoms in total. The fraction of sp³-hybridized carbons (Fsp3) is 0.440. The standard InChI is InChI=1S/C25H29NO5/c1-25(2,3)31-22-13-21(19(22)12-23(27)28)26-24(29)30-14-20-17-10-6-4-8-15(17)16-9-5-7-11-18(16)20/h4-11,19-22H,12-14H2,1-3H3,(H,26,29)(H,27,28). The third kappa shape index (κ3) is 4.59. The van der Waals surface area contributed by atoms with Gasteiger partial charge in [-0.05, 0) is 49.4 Å². The lowest BCUT2D eigenvalue weighted by Gasteiger charge is -2.46. The van der Waals surface area contributed by atoms with Crippen LogP contribution in [-0.4, -0.2) is 41.5 Å². The van der Waals surface area contributed by atoms with Gasteiger partial charge < -0.3 is 19.9 Å². The summed E-state index contributed by atoms with van der Waals surface area (Å²) < 4.78 is 11.6. The van der Waals surface area contributed by atoms with Gasteiger partial charge in [-0.15, -0.1) is 0 Å². The van der Waals surface area contributed by atoms with Crippen molar-refractivity contribution < 1.29 is 24.2 Å². The molecule has 3 unspecified atom stereocenters. The van der Waals surface area contributed by atoms with Crippen LogP contribution in [0.2, 0.25) is 0 Å². The number of carbonyl (C=O) groups excluding carboxylic acids is 1. The van der Waals surface area contributed by atoms with Gasteiger partial charge in [0.1, 0.15) is 6.61 Å². The molecule has 0 radical (unpaired) electrons. The molecule has 0 aliphatic heterocycles. The summed E-state index contributed by atoms with van der Waals surface area (Å²) in [6.45, 7) is 6.06. The zero-order valence-electron chi connectivity index (χ0n) is 18.1. The van der Waals surface area contributed by atoms with E-state index in [0.29, 0.717) is 6.42 Å². The van der Waals surface area contributed by atoms with Crippen molar-refractivity contribution >= 4 is 12.1 Å². The number of rotatable bonds is 6. The van der Waals surface area contributed by atoms with Crippen molar-refractivity contribution in [3.63, 3.8) is 0 Å². The average Bonchev–Trinajstić information content (AvgIpc) is 3.03. The van der Waals surface area contributed by atoms with Crippen LogP contribution in [0.25, 0.3) is 11.1 Å². The second kappa shape index (κ2) is 8.35.